The van der Waals surface area contributed by atoms with Crippen LogP contribution in [0, 0.1) is 0 Å². The second kappa shape index (κ2) is 8.88. The molecule has 0 bridgehead atoms. The van der Waals surface area contributed by atoms with E-state index in [1.807, 2.05) is 36.4 Å². The smallest absolute Gasteiger partial charge is 0.433 e. The number of pyridine rings is 1. The third kappa shape index (κ3) is 4.48. The largest absolute Gasteiger partial charge is 0.435 e. The fourth-order valence-electron chi connectivity index (χ4n) is 3.64. The molecule has 0 aliphatic carbocycles. The van der Waals surface area contributed by atoms with E-state index in [0.717, 1.165) is 23.0 Å². The van der Waals surface area contributed by atoms with E-state index >= 15 is 0 Å². The second-order valence-electron chi connectivity index (χ2n) is 7.59. The fraction of sp³-hybridized carbons (Fsp3) is 0.0385. The van der Waals surface area contributed by atoms with Crippen LogP contribution >= 0.6 is 11.6 Å². The van der Waals surface area contributed by atoms with E-state index in [9.17, 15) is 18.0 Å². The Morgan fingerprint density at radius 1 is 0.914 bits per heavy atom. The molecule has 0 radical (unpaired) electrons. The molecule has 3 aromatic carbocycles. The number of halogens is 4. The zero-order chi connectivity index (χ0) is 24.6. The number of nitrogens with zero attached hydrogens (tertiary/aromatic N) is 2. The van der Waals surface area contributed by atoms with Crippen LogP contribution in [0.3, 0.4) is 0 Å². The first kappa shape index (κ1) is 22.6. The molecular weight excluding hydrogens is 479 g/mol. The van der Waals surface area contributed by atoms with Gasteiger partial charge in [0.2, 0.25) is 5.89 Å². The Morgan fingerprint density at radius 2 is 1.66 bits per heavy atom. The Kier molecular flexibility index (Phi) is 5.74. The molecule has 5 nitrogen and oxygen atoms in total. The van der Waals surface area contributed by atoms with Gasteiger partial charge in [-0.15, -0.1) is 0 Å². The van der Waals surface area contributed by atoms with Gasteiger partial charge in [-0.25, -0.2) is 4.98 Å². The first-order chi connectivity index (χ1) is 16.8. The molecule has 0 saturated heterocycles. The van der Waals surface area contributed by atoms with Crippen LogP contribution in [0.1, 0.15) is 16.2 Å². The monoisotopic (exact) mass is 493 g/mol. The molecule has 0 unspecified atom stereocenters. The molecule has 174 valence electrons. The molecule has 0 saturated carbocycles. The minimum Gasteiger partial charge on any atom is -0.435 e. The number of para-hydroxylation sites is 1. The number of nitrogens with one attached hydrogen (secondary N) is 1. The summed E-state index contributed by atoms with van der Waals surface area (Å²) in [6.45, 7) is 0. The molecule has 0 spiro atoms. The quantitative estimate of drug-likeness (QED) is 0.282. The van der Waals surface area contributed by atoms with E-state index < -0.39 is 17.8 Å². The summed E-state index contributed by atoms with van der Waals surface area (Å²) >= 11 is 6.16. The molecule has 2 heterocycles. The van der Waals surface area contributed by atoms with Crippen molar-refractivity contribution in [2.24, 2.45) is 0 Å². The van der Waals surface area contributed by atoms with Gasteiger partial charge in [-0.3, -0.25) is 9.78 Å². The standard InChI is InChI=1S/C26H15ClF3N3O2/c27-19-10-3-4-11-20(19)32-24(34)22-23(16-12-13-21(31-14-16)26(28,29)30)35-25(33-22)18-9-5-7-15-6-1-2-8-17(15)18/h1-14H,(H,32,34). The zero-order valence-corrected chi connectivity index (χ0v) is 18.6. The topological polar surface area (TPSA) is 68.0 Å². The average molecular weight is 494 g/mol. The van der Waals surface area contributed by atoms with Crippen LogP contribution in [0.5, 0.6) is 0 Å². The summed E-state index contributed by atoms with van der Waals surface area (Å²) < 4.78 is 45.0. The third-order valence-corrected chi connectivity index (χ3v) is 5.63. The number of aromatic nitrogens is 2. The highest BCUT2D eigenvalue weighted by Gasteiger charge is 2.32. The predicted molar refractivity (Wildman–Crippen MR) is 127 cm³/mol. The summed E-state index contributed by atoms with van der Waals surface area (Å²) in [5.41, 5.74) is -0.0285. The molecule has 1 amide bonds. The Bertz CT molecular complexity index is 1540. The lowest BCUT2D eigenvalue weighted by Gasteiger charge is -2.07. The van der Waals surface area contributed by atoms with Gasteiger partial charge in [0.1, 0.15) is 5.69 Å². The van der Waals surface area contributed by atoms with Crippen molar-refractivity contribution < 1.29 is 22.4 Å². The molecule has 1 N–H and O–H groups in total. The van der Waals surface area contributed by atoms with Gasteiger partial charge in [0.05, 0.1) is 10.7 Å². The zero-order valence-electron chi connectivity index (χ0n) is 17.8. The van der Waals surface area contributed by atoms with E-state index in [4.69, 9.17) is 16.0 Å². The normalized spacial score (nSPS) is 11.5. The summed E-state index contributed by atoms with van der Waals surface area (Å²) in [6, 6.07) is 21.8. The van der Waals surface area contributed by atoms with E-state index in [1.54, 1.807) is 30.3 Å². The number of amides is 1. The van der Waals surface area contributed by atoms with Gasteiger partial charge >= 0.3 is 6.18 Å². The SMILES string of the molecule is O=C(Nc1ccccc1Cl)c1nc(-c2cccc3ccccc23)oc1-c1ccc(C(F)(F)F)nc1. The number of alkyl halides is 3. The number of carbonyl (C=O) groups excluding carboxylic acids is 1. The van der Waals surface area contributed by atoms with Crippen LogP contribution < -0.4 is 5.32 Å². The fourth-order valence-corrected chi connectivity index (χ4v) is 3.82. The lowest BCUT2D eigenvalue weighted by Crippen LogP contribution is -2.14. The molecule has 0 aliphatic heterocycles. The molecule has 9 heteroatoms. The maximum Gasteiger partial charge on any atom is 0.433 e. The minimum absolute atomic E-state index is 0.0151. The van der Waals surface area contributed by atoms with Crippen molar-refractivity contribution in [1.82, 2.24) is 9.97 Å². The van der Waals surface area contributed by atoms with Crippen molar-refractivity contribution in [3.8, 4) is 22.8 Å². The van der Waals surface area contributed by atoms with Crippen LogP contribution in [0.15, 0.2) is 89.5 Å². The third-order valence-electron chi connectivity index (χ3n) is 5.30. The Labute approximate surface area is 202 Å². The van der Waals surface area contributed by atoms with Crippen molar-refractivity contribution >= 4 is 34.0 Å². The number of hydrogen-bond acceptors (Lipinski definition) is 4. The maximum absolute atomic E-state index is 13.2. The minimum atomic E-state index is -4.60. The van der Waals surface area contributed by atoms with E-state index in [-0.39, 0.29) is 22.9 Å². The number of carbonyl (C=O) groups is 1. The summed E-state index contributed by atoms with van der Waals surface area (Å²) in [6.07, 6.45) is -3.60. The molecule has 0 aliphatic rings. The number of fused-ring (bicyclic) bond motifs is 1. The van der Waals surface area contributed by atoms with Crippen molar-refractivity contribution in [3.63, 3.8) is 0 Å². The molecule has 5 rings (SSSR count). The number of rotatable bonds is 4. The van der Waals surface area contributed by atoms with Crippen LogP contribution in [0.4, 0.5) is 18.9 Å². The van der Waals surface area contributed by atoms with Crippen molar-refractivity contribution in [1.29, 1.82) is 0 Å². The molecule has 35 heavy (non-hydrogen) atoms. The van der Waals surface area contributed by atoms with Gasteiger partial charge in [-0.1, -0.05) is 60.1 Å². The highest BCUT2D eigenvalue weighted by atomic mass is 35.5. The first-order valence-electron chi connectivity index (χ1n) is 10.4. The van der Waals surface area contributed by atoms with Gasteiger partial charge in [-0.2, -0.15) is 13.2 Å². The maximum atomic E-state index is 13.2. The van der Waals surface area contributed by atoms with Gasteiger partial charge in [0, 0.05) is 17.3 Å². The van der Waals surface area contributed by atoms with Gasteiger partial charge in [0.15, 0.2) is 11.5 Å². The predicted octanol–water partition coefficient (Wildman–Crippen LogP) is 7.48. The van der Waals surface area contributed by atoms with Crippen molar-refractivity contribution in [2.75, 3.05) is 5.32 Å². The lowest BCUT2D eigenvalue weighted by molar-refractivity contribution is -0.141. The number of hydrogen-bond donors (Lipinski definition) is 1. The Balaban J connectivity index is 1.63. The van der Waals surface area contributed by atoms with Gasteiger partial charge < -0.3 is 9.73 Å². The molecule has 0 fully saturated rings. The number of oxazole rings is 1. The number of benzene rings is 3. The van der Waals surface area contributed by atoms with Gasteiger partial charge in [-0.05, 0) is 41.1 Å². The van der Waals surface area contributed by atoms with E-state index in [2.05, 4.69) is 15.3 Å². The summed E-state index contributed by atoms with van der Waals surface area (Å²) in [4.78, 5) is 21.1. The van der Waals surface area contributed by atoms with E-state index in [0.29, 0.717) is 16.3 Å². The summed E-state index contributed by atoms with van der Waals surface area (Å²) in [7, 11) is 0. The Hall–Kier alpha value is -4.17. The first-order valence-corrected chi connectivity index (χ1v) is 10.8. The van der Waals surface area contributed by atoms with Gasteiger partial charge in [0.25, 0.3) is 5.91 Å². The lowest BCUT2D eigenvalue weighted by atomic mass is 10.0. The van der Waals surface area contributed by atoms with Crippen molar-refractivity contribution in [2.45, 2.75) is 6.18 Å². The average Bonchev–Trinajstić information content (AvgIpc) is 3.30. The van der Waals surface area contributed by atoms with Crippen LogP contribution in [0.25, 0.3) is 33.6 Å². The summed E-state index contributed by atoms with van der Waals surface area (Å²) in [5, 5.41) is 4.77. The molecule has 2 aromatic heterocycles. The highest BCUT2D eigenvalue weighted by Crippen LogP contribution is 2.35. The van der Waals surface area contributed by atoms with Crippen LogP contribution in [-0.4, -0.2) is 15.9 Å². The molecular formula is C26H15ClF3N3O2. The van der Waals surface area contributed by atoms with Crippen LogP contribution in [0.2, 0.25) is 5.02 Å². The second-order valence-corrected chi connectivity index (χ2v) is 7.99. The highest BCUT2D eigenvalue weighted by molar-refractivity contribution is 6.34. The Morgan fingerprint density at radius 3 is 2.40 bits per heavy atom. The van der Waals surface area contributed by atoms with E-state index in [1.165, 1.54) is 6.07 Å². The molecule has 5 aromatic rings. The molecule has 0 atom stereocenters. The number of anilines is 1. The van der Waals surface area contributed by atoms with Crippen LogP contribution in [-0.2, 0) is 6.18 Å². The summed E-state index contributed by atoms with van der Waals surface area (Å²) in [5.74, 6) is -0.511. The van der Waals surface area contributed by atoms with Crippen molar-refractivity contribution in [3.05, 3.63) is 101 Å².